The third-order valence-corrected chi connectivity index (χ3v) is 4.44. The molecule has 0 atom stereocenters. The molecule has 1 fully saturated rings. The number of sulfonamides is 1. The van der Waals surface area contributed by atoms with Crippen molar-refractivity contribution in [2.75, 3.05) is 19.6 Å². The lowest BCUT2D eigenvalue weighted by Gasteiger charge is -2.11. The Labute approximate surface area is 155 Å². The summed E-state index contributed by atoms with van der Waals surface area (Å²) in [6.07, 6.45) is 3.37. The normalized spacial score (nSPS) is 15.0. The van der Waals surface area contributed by atoms with Crippen molar-refractivity contribution in [1.82, 2.24) is 10.6 Å². The fraction of sp³-hybridized carbons (Fsp3) is 0.533. The number of primary sulfonamides is 1. The maximum absolute atomic E-state index is 11.2. The largest absolute Gasteiger partial charge is 0.357 e. The van der Waals surface area contributed by atoms with Crippen LogP contribution in [-0.2, 0) is 16.4 Å². The number of hydrogen-bond donors (Lipinski definition) is 3. The molecule has 1 aliphatic rings. The maximum atomic E-state index is 11.2. The van der Waals surface area contributed by atoms with Gasteiger partial charge in [0.1, 0.15) is 0 Å². The molecule has 0 bridgehead atoms. The van der Waals surface area contributed by atoms with Gasteiger partial charge < -0.3 is 10.6 Å². The number of aliphatic imine (C=N–C) groups is 1. The molecule has 1 aromatic carbocycles. The molecule has 0 unspecified atom stereocenters. The lowest BCUT2D eigenvalue weighted by molar-refractivity contribution is 0.598. The van der Waals surface area contributed by atoms with E-state index < -0.39 is 10.0 Å². The molecule has 1 aliphatic carbocycles. The van der Waals surface area contributed by atoms with E-state index in [1.165, 1.54) is 25.0 Å². The number of benzene rings is 1. The molecule has 8 heteroatoms. The molecule has 0 aliphatic heterocycles. The predicted molar refractivity (Wildman–Crippen MR) is 104 cm³/mol. The molecule has 130 valence electrons. The van der Waals surface area contributed by atoms with E-state index in [4.69, 9.17) is 5.14 Å². The van der Waals surface area contributed by atoms with Gasteiger partial charge in [0.25, 0.3) is 0 Å². The van der Waals surface area contributed by atoms with Crippen molar-refractivity contribution in [1.29, 1.82) is 0 Å². The Kier molecular flexibility index (Phi) is 8.27. The van der Waals surface area contributed by atoms with Crippen LogP contribution in [-0.4, -0.2) is 34.0 Å². The zero-order valence-corrected chi connectivity index (χ0v) is 16.4. The molecule has 23 heavy (non-hydrogen) atoms. The van der Waals surface area contributed by atoms with E-state index in [0.717, 1.165) is 43.5 Å². The lowest BCUT2D eigenvalue weighted by atomic mass is 10.1. The summed E-state index contributed by atoms with van der Waals surface area (Å²) in [5, 5.41) is 11.6. The third-order valence-electron chi connectivity index (χ3n) is 3.51. The summed E-state index contributed by atoms with van der Waals surface area (Å²) in [5.74, 6) is 1.61. The van der Waals surface area contributed by atoms with Crippen LogP contribution in [0.4, 0.5) is 0 Å². The highest BCUT2D eigenvalue weighted by Gasteiger charge is 2.20. The molecule has 0 spiro atoms. The molecule has 1 saturated carbocycles. The van der Waals surface area contributed by atoms with Crippen LogP contribution in [0.1, 0.15) is 25.3 Å². The first kappa shape index (κ1) is 20.2. The predicted octanol–water partition coefficient (Wildman–Crippen LogP) is 1.46. The van der Waals surface area contributed by atoms with E-state index >= 15 is 0 Å². The summed E-state index contributed by atoms with van der Waals surface area (Å²) in [6, 6.07) is 6.65. The van der Waals surface area contributed by atoms with Crippen molar-refractivity contribution < 1.29 is 8.42 Å². The molecule has 0 saturated heterocycles. The highest BCUT2D eigenvalue weighted by atomic mass is 127. The van der Waals surface area contributed by atoms with Gasteiger partial charge in [0, 0.05) is 19.6 Å². The van der Waals surface area contributed by atoms with Crippen LogP contribution in [0.2, 0.25) is 0 Å². The van der Waals surface area contributed by atoms with Crippen LogP contribution in [0.3, 0.4) is 0 Å². The number of nitrogens with zero attached hydrogens (tertiary/aromatic N) is 1. The van der Waals surface area contributed by atoms with Crippen LogP contribution in [0.15, 0.2) is 34.2 Å². The second-order valence-electron chi connectivity index (χ2n) is 5.53. The average Bonchev–Trinajstić information content (AvgIpc) is 3.28. The first-order valence-electron chi connectivity index (χ1n) is 7.63. The Morgan fingerprint density at radius 1 is 1.26 bits per heavy atom. The van der Waals surface area contributed by atoms with Crippen LogP contribution in [0.5, 0.6) is 0 Å². The van der Waals surface area contributed by atoms with Crippen LogP contribution in [0.25, 0.3) is 0 Å². The van der Waals surface area contributed by atoms with E-state index in [1.807, 2.05) is 6.92 Å². The van der Waals surface area contributed by atoms with Gasteiger partial charge in [-0.2, -0.15) is 0 Å². The molecule has 0 heterocycles. The first-order valence-corrected chi connectivity index (χ1v) is 9.17. The number of rotatable bonds is 7. The number of guanidine groups is 1. The fourth-order valence-corrected chi connectivity index (χ4v) is 2.55. The molecular weight excluding hydrogens is 427 g/mol. The minimum Gasteiger partial charge on any atom is -0.357 e. The average molecular weight is 452 g/mol. The molecule has 4 N–H and O–H groups in total. The second-order valence-corrected chi connectivity index (χ2v) is 7.09. The van der Waals surface area contributed by atoms with Crippen molar-refractivity contribution in [3.05, 3.63) is 29.8 Å². The molecule has 0 aromatic heterocycles. The Morgan fingerprint density at radius 2 is 1.91 bits per heavy atom. The van der Waals surface area contributed by atoms with E-state index in [1.54, 1.807) is 12.1 Å². The highest BCUT2D eigenvalue weighted by molar-refractivity contribution is 14.0. The van der Waals surface area contributed by atoms with Gasteiger partial charge in [0.2, 0.25) is 10.0 Å². The SMILES string of the molecule is CCNC(=NCC1CC1)NCCc1ccc(S(N)(=O)=O)cc1.I. The molecule has 2 rings (SSSR count). The summed E-state index contributed by atoms with van der Waals surface area (Å²) in [6.45, 7) is 4.50. The standard InChI is InChI=1S/C15H24N4O2S.HI/c1-2-17-15(19-11-13-3-4-13)18-10-9-12-5-7-14(8-6-12)22(16,20)21;/h5-8,13H,2-4,9-11H2,1H3,(H2,16,20,21)(H2,17,18,19);1H. The van der Waals surface area contributed by atoms with Crippen LogP contribution >= 0.6 is 24.0 Å². The summed E-state index contributed by atoms with van der Waals surface area (Å²) < 4.78 is 22.4. The zero-order chi connectivity index (χ0) is 16.0. The second kappa shape index (κ2) is 9.43. The van der Waals surface area contributed by atoms with Gasteiger partial charge in [-0.15, -0.1) is 24.0 Å². The Hall–Kier alpha value is -0.870. The molecular formula is C15H25IN4O2S. The van der Waals surface area contributed by atoms with Gasteiger partial charge in [-0.1, -0.05) is 12.1 Å². The van der Waals surface area contributed by atoms with E-state index in [0.29, 0.717) is 0 Å². The molecule has 0 radical (unpaired) electrons. The summed E-state index contributed by atoms with van der Waals surface area (Å²) >= 11 is 0. The van der Waals surface area contributed by atoms with Crippen LogP contribution < -0.4 is 15.8 Å². The number of halogens is 1. The highest BCUT2D eigenvalue weighted by Crippen LogP contribution is 2.28. The van der Waals surface area contributed by atoms with Gasteiger partial charge in [-0.05, 0) is 49.8 Å². The van der Waals surface area contributed by atoms with E-state index in [2.05, 4.69) is 15.6 Å². The van der Waals surface area contributed by atoms with Crippen molar-refractivity contribution in [3.8, 4) is 0 Å². The van der Waals surface area contributed by atoms with Crippen LogP contribution in [0, 0.1) is 5.92 Å². The van der Waals surface area contributed by atoms with E-state index in [9.17, 15) is 8.42 Å². The van der Waals surface area contributed by atoms with Crippen molar-refractivity contribution in [2.45, 2.75) is 31.1 Å². The first-order chi connectivity index (χ1) is 10.5. The summed E-state index contributed by atoms with van der Waals surface area (Å²) in [7, 11) is -3.62. The minimum atomic E-state index is -3.62. The summed E-state index contributed by atoms with van der Waals surface area (Å²) in [4.78, 5) is 4.69. The van der Waals surface area contributed by atoms with Gasteiger partial charge in [-0.25, -0.2) is 13.6 Å². The van der Waals surface area contributed by atoms with Gasteiger partial charge in [0.05, 0.1) is 4.90 Å². The summed E-state index contributed by atoms with van der Waals surface area (Å²) in [5.41, 5.74) is 1.05. The van der Waals surface area contributed by atoms with Gasteiger partial charge >= 0.3 is 0 Å². The topological polar surface area (TPSA) is 96.6 Å². The van der Waals surface area contributed by atoms with Gasteiger partial charge in [-0.3, -0.25) is 4.99 Å². The maximum Gasteiger partial charge on any atom is 0.238 e. The Balaban J connectivity index is 0.00000264. The van der Waals surface area contributed by atoms with E-state index in [-0.39, 0.29) is 28.9 Å². The van der Waals surface area contributed by atoms with Gasteiger partial charge in [0.15, 0.2) is 5.96 Å². The Bertz CT molecular complexity index is 613. The van der Waals surface area contributed by atoms with Crippen molar-refractivity contribution in [3.63, 3.8) is 0 Å². The van der Waals surface area contributed by atoms with Crippen molar-refractivity contribution >= 4 is 40.0 Å². The molecule has 0 amide bonds. The third kappa shape index (κ3) is 7.49. The van der Waals surface area contributed by atoms with Crippen molar-refractivity contribution in [2.24, 2.45) is 16.0 Å². The number of hydrogen-bond acceptors (Lipinski definition) is 3. The lowest BCUT2D eigenvalue weighted by Crippen LogP contribution is -2.38. The molecule has 6 nitrogen and oxygen atoms in total. The smallest absolute Gasteiger partial charge is 0.238 e. The molecule has 1 aromatic rings. The number of nitrogens with two attached hydrogens (primary N) is 1. The monoisotopic (exact) mass is 452 g/mol. The quantitative estimate of drug-likeness (QED) is 0.332. The fourth-order valence-electron chi connectivity index (χ4n) is 2.03. The Morgan fingerprint density at radius 3 is 2.43 bits per heavy atom. The number of nitrogens with one attached hydrogen (secondary N) is 2. The minimum absolute atomic E-state index is 0. The zero-order valence-electron chi connectivity index (χ0n) is 13.3.